The van der Waals surface area contributed by atoms with E-state index in [-0.39, 0.29) is 5.91 Å². The lowest BCUT2D eigenvalue weighted by Crippen LogP contribution is -2.48. The predicted octanol–water partition coefficient (Wildman–Crippen LogP) is 4.01. The number of benzene rings is 2. The third kappa shape index (κ3) is 6.31. The average molecular weight is 467 g/mol. The summed E-state index contributed by atoms with van der Waals surface area (Å²) in [5, 5.41) is 0. The first kappa shape index (κ1) is 24.7. The molecule has 1 aliphatic rings. The molecule has 0 unspecified atom stereocenters. The van der Waals surface area contributed by atoms with Gasteiger partial charge in [-0.1, -0.05) is 12.1 Å². The van der Waals surface area contributed by atoms with E-state index in [1.165, 1.54) is 12.1 Å². The number of alkyl halides is 3. The smallest absolute Gasteiger partial charge is 0.416 e. The first-order chi connectivity index (χ1) is 15.7. The van der Waals surface area contributed by atoms with Gasteiger partial charge >= 0.3 is 6.18 Å². The maximum atomic E-state index is 12.7. The molecular formula is C24H29F3N2O4. The Morgan fingerprint density at radius 3 is 1.94 bits per heavy atom. The molecule has 2 aromatic carbocycles. The van der Waals surface area contributed by atoms with Crippen LogP contribution in [0.4, 0.5) is 13.2 Å². The van der Waals surface area contributed by atoms with Crippen molar-refractivity contribution >= 4 is 5.91 Å². The van der Waals surface area contributed by atoms with E-state index in [9.17, 15) is 18.0 Å². The van der Waals surface area contributed by atoms with Crippen LogP contribution in [0.2, 0.25) is 0 Å². The highest BCUT2D eigenvalue weighted by atomic mass is 19.4. The van der Waals surface area contributed by atoms with Gasteiger partial charge in [0.1, 0.15) is 0 Å². The number of piperazine rings is 1. The molecule has 1 fully saturated rings. The van der Waals surface area contributed by atoms with E-state index in [1.54, 1.807) is 21.3 Å². The lowest BCUT2D eigenvalue weighted by atomic mass is 10.1. The molecule has 0 aromatic heterocycles. The standard InChI is InChI=1S/C24H29F3N2O4/c1-31-20-14-18(15-21(32-2)23(20)33-3)6-9-22(30)29-12-10-28(11-13-29)16-17-4-7-19(8-5-17)24(25,26)27/h4-5,7-8,14-15H,6,9-13,16H2,1-3H3. The number of methoxy groups -OCH3 is 3. The SMILES string of the molecule is COc1cc(CCC(=O)N2CCN(Cc3ccc(C(F)(F)F)cc3)CC2)cc(OC)c1OC. The zero-order valence-electron chi connectivity index (χ0n) is 19.1. The number of amides is 1. The summed E-state index contributed by atoms with van der Waals surface area (Å²) in [4.78, 5) is 16.7. The second kappa shape index (κ2) is 10.8. The summed E-state index contributed by atoms with van der Waals surface area (Å²) in [7, 11) is 4.65. The second-order valence-electron chi connectivity index (χ2n) is 7.89. The number of hydrogen-bond donors (Lipinski definition) is 0. The largest absolute Gasteiger partial charge is 0.493 e. The van der Waals surface area contributed by atoms with Crippen LogP contribution in [-0.2, 0) is 23.9 Å². The highest BCUT2D eigenvalue weighted by Gasteiger charge is 2.30. The van der Waals surface area contributed by atoms with E-state index in [2.05, 4.69) is 4.90 Å². The summed E-state index contributed by atoms with van der Waals surface area (Å²) in [6.45, 7) is 3.10. The van der Waals surface area contributed by atoms with Crippen molar-refractivity contribution in [1.29, 1.82) is 0 Å². The molecule has 2 aromatic rings. The zero-order chi connectivity index (χ0) is 24.0. The number of carbonyl (C=O) groups excluding carboxylic acids is 1. The molecule has 1 heterocycles. The fourth-order valence-corrected chi connectivity index (χ4v) is 3.90. The van der Waals surface area contributed by atoms with E-state index < -0.39 is 11.7 Å². The van der Waals surface area contributed by atoms with Crippen molar-refractivity contribution in [3.8, 4) is 17.2 Å². The zero-order valence-corrected chi connectivity index (χ0v) is 19.1. The third-order valence-corrected chi connectivity index (χ3v) is 5.76. The molecule has 0 aliphatic carbocycles. The van der Waals surface area contributed by atoms with Crippen LogP contribution in [0.3, 0.4) is 0 Å². The highest BCUT2D eigenvalue weighted by molar-refractivity contribution is 5.76. The van der Waals surface area contributed by atoms with Crippen molar-refractivity contribution in [2.24, 2.45) is 0 Å². The Bertz CT molecular complexity index is 915. The number of nitrogens with zero attached hydrogens (tertiary/aromatic N) is 2. The Morgan fingerprint density at radius 1 is 0.879 bits per heavy atom. The second-order valence-corrected chi connectivity index (χ2v) is 7.89. The average Bonchev–Trinajstić information content (AvgIpc) is 2.82. The van der Waals surface area contributed by atoms with Crippen molar-refractivity contribution < 1.29 is 32.2 Å². The van der Waals surface area contributed by atoms with Gasteiger partial charge in [0.05, 0.1) is 26.9 Å². The Labute approximate surface area is 191 Å². The van der Waals surface area contributed by atoms with Gasteiger partial charge in [0.25, 0.3) is 0 Å². The monoisotopic (exact) mass is 466 g/mol. The minimum Gasteiger partial charge on any atom is -0.493 e. The minimum absolute atomic E-state index is 0.0675. The van der Waals surface area contributed by atoms with E-state index in [1.807, 2.05) is 17.0 Å². The molecule has 0 spiro atoms. The van der Waals surface area contributed by atoms with E-state index in [0.29, 0.717) is 62.8 Å². The molecular weight excluding hydrogens is 437 g/mol. The molecule has 0 N–H and O–H groups in total. The molecule has 1 amide bonds. The fraction of sp³-hybridized carbons (Fsp3) is 0.458. The Kier molecular flexibility index (Phi) is 8.07. The normalized spacial score (nSPS) is 14.8. The molecule has 180 valence electrons. The summed E-state index contributed by atoms with van der Waals surface area (Å²) < 4.78 is 54.2. The fourth-order valence-electron chi connectivity index (χ4n) is 3.90. The number of rotatable bonds is 8. The molecule has 1 aliphatic heterocycles. The van der Waals surface area contributed by atoms with Gasteiger partial charge in [-0.25, -0.2) is 0 Å². The number of hydrogen-bond acceptors (Lipinski definition) is 5. The Hall–Kier alpha value is -2.94. The summed E-state index contributed by atoms with van der Waals surface area (Å²) >= 11 is 0. The van der Waals surface area contributed by atoms with Crippen LogP contribution >= 0.6 is 0 Å². The van der Waals surface area contributed by atoms with Gasteiger partial charge < -0.3 is 19.1 Å². The molecule has 9 heteroatoms. The van der Waals surface area contributed by atoms with Crippen molar-refractivity contribution in [3.63, 3.8) is 0 Å². The maximum absolute atomic E-state index is 12.7. The van der Waals surface area contributed by atoms with Gasteiger partial charge in [0, 0.05) is 39.1 Å². The topological polar surface area (TPSA) is 51.2 Å². The van der Waals surface area contributed by atoms with Gasteiger partial charge in [-0.05, 0) is 41.8 Å². The van der Waals surface area contributed by atoms with E-state index in [4.69, 9.17) is 14.2 Å². The number of ether oxygens (including phenoxy) is 3. The molecule has 0 radical (unpaired) electrons. The minimum atomic E-state index is -4.33. The van der Waals surface area contributed by atoms with E-state index in [0.717, 1.165) is 23.3 Å². The molecule has 3 rings (SSSR count). The molecule has 1 saturated heterocycles. The maximum Gasteiger partial charge on any atom is 0.416 e. The lowest BCUT2D eigenvalue weighted by molar-refractivity contribution is -0.137. The molecule has 0 atom stereocenters. The van der Waals surface area contributed by atoms with Crippen LogP contribution in [0.5, 0.6) is 17.2 Å². The molecule has 0 saturated carbocycles. The van der Waals surface area contributed by atoms with Crippen molar-refractivity contribution in [3.05, 3.63) is 53.1 Å². The summed E-state index contributed by atoms with van der Waals surface area (Å²) in [5.41, 5.74) is 1.10. The molecule has 6 nitrogen and oxygen atoms in total. The van der Waals surface area contributed by atoms with Gasteiger partial charge in [-0.2, -0.15) is 13.2 Å². The van der Waals surface area contributed by atoms with Gasteiger partial charge in [0.2, 0.25) is 11.7 Å². The summed E-state index contributed by atoms with van der Waals surface area (Å²) in [6.07, 6.45) is -3.43. The first-order valence-electron chi connectivity index (χ1n) is 10.7. The van der Waals surface area contributed by atoms with Crippen LogP contribution in [0, 0.1) is 0 Å². The molecule has 0 bridgehead atoms. The van der Waals surface area contributed by atoms with Gasteiger partial charge in [-0.3, -0.25) is 9.69 Å². The van der Waals surface area contributed by atoms with Crippen molar-refractivity contribution in [1.82, 2.24) is 9.80 Å². The summed E-state index contributed by atoms with van der Waals surface area (Å²) in [5.74, 6) is 1.68. The van der Waals surface area contributed by atoms with Gasteiger partial charge in [0.15, 0.2) is 11.5 Å². The number of halogens is 3. The van der Waals surface area contributed by atoms with Crippen LogP contribution < -0.4 is 14.2 Å². The van der Waals surface area contributed by atoms with Crippen molar-refractivity contribution in [2.75, 3.05) is 47.5 Å². The third-order valence-electron chi connectivity index (χ3n) is 5.76. The van der Waals surface area contributed by atoms with Crippen LogP contribution in [0.15, 0.2) is 36.4 Å². The summed E-state index contributed by atoms with van der Waals surface area (Å²) in [6, 6.07) is 8.93. The van der Waals surface area contributed by atoms with Gasteiger partial charge in [-0.15, -0.1) is 0 Å². The number of carbonyl (C=O) groups is 1. The van der Waals surface area contributed by atoms with Crippen LogP contribution in [0.1, 0.15) is 23.1 Å². The molecule has 33 heavy (non-hydrogen) atoms. The van der Waals surface area contributed by atoms with Crippen LogP contribution in [-0.4, -0.2) is 63.2 Å². The van der Waals surface area contributed by atoms with Crippen molar-refractivity contribution in [2.45, 2.75) is 25.6 Å². The Morgan fingerprint density at radius 2 is 1.45 bits per heavy atom. The lowest BCUT2D eigenvalue weighted by Gasteiger charge is -2.35. The van der Waals surface area contributed by atoms with Crippen LogP contribution in [0.25, 0.3) is 0 Å². The number of aryl methyl sites for hydroxylation is 1. The quantitative estimate of drug-likeness (QED) is 0.589. The first-order valence-corrected chi connectivity index (χ1v) is 10.7. The highest BCUT2D eigenvalue weighted by Crippen LogP contribution is 2.38. The Balaban J connectivity index is 1.50. The van der Waals surface area contributed by atoms with E-state index >= 15 is 0 Å². The predicted molar refractivity (Wildman–Crippen MR) is 118 cm³/mol.